The molecule has 0 fully saturated rings. The van der Waals surface area contributed by atoms with Crippen molar-refractivity contribution < 1.29 is 15.0 Å². The molecule has 0 bridgehead atoms. The van der Waals surface area contributed by atoms with Crippen LogP contribution in [0.5, 0.6) is 0 Å². The van der Waals surface area contributed by atoms with Gasteiger partial charge in [0.15, 0.2) is 0 Å². The number of carboxylic acids is 1. The van der Waals surface area contributed by atoms with Gasteiger partial charge in [0, 0.05) is 12.1 Å². The number of hydrogen-bond acceptors (Lipinski definition) is 3. The summed E-state index contributed by atoms with van der Waals surface area (Å²) in [5.41, 5.74) is -2.26. The normalized spacial score (nSPS) is 14.1. The zero-order chi connectivity index (χ0) is 12.5. The molecule has 0 aliphatic heterocycles. The van der Waals surface area contributed by atoms with Gasteiger partial charge in [0.2, 0.25) is 0 Å². The second kappa shape index (κ2) is 4.10. The van der Waals surface area contributed by atoms with Crippen LogP contribution in [0.4, 0.5) is 0 Å². The van der Waals surface area contributed by atoms with Gasteiger partial charge in [-0.1, -0.05) is 0 Å². The van der Waals surface area contributed by atoms with Crippen LogP contribution in [-0.4, -0.2) is 33.9 Å². The molecule has 4 nitrogen and oxygen atoms in total. The van der Waals surface area contributed by atoms with E-state index < -0.39 is 22.5 Å². The van der Waals surface area contributed by atoms with Gasteiger partial charge in [0.1, 0.15) is 0 Å². The van der Waals surface area contributed by atoms with Crippen LogP contribution in [0.3, 0.4) is 0 Å². The Bertz CT molecular complexity index is 239. The zero-order valence-electron chi connectivity index (χ0n) is 10.5. The molecular weight excluding hydrogens is 194 g/mol. The maximum absolute atomic E-state index is 10.9. The largest absolute Gasteiger partial charge is 0.481 e. The molecule has 3 N–H and O–H groups in total. The lowest BCUT2D eigenvalue weighted by molar-refractivity contribution is -0.147. The summed E-state index contributed by atoms with van der Waals surface area (Å²) >= 11 is 0. The molecule has 0 saturated heterocycles. The highest BCUT2D eigenvalue weighted by molar-refractivity contribution is 5.73. The smallest absolute Gasteiger partial charge is 0.310 e. The summed E-state index contributed by atoms with van der Waals surface area (Å²) in [6.45, 7) is 10.7. The van der Waals surface area contributed by atoms with E-state index in [1.54, 1.807) is 27.7 Å². The Morgan fingerprint density at radius 2 is 1.53 bits per heavy atom. The van der Waals surface area contributed by atoms with Crippen molar-refractivity contribution in [3.63, 3.8) is 0 Å². The quantitative estimate of drug-likeness (QED) is 0.648. The van der Waals surface area contributed by atoms with E-state index in [4.69, 9.17) is 5.11 Å². The molecule has 0 aromatic heterocycles. The molecule has 0 aliphatic rings. The van der Waals surface area contributed by atoms with Crippen molar-refractivity contribution in [1.29, 1.82) is 0 Å². The van der Waals surface area contributed by atoms with Gasteiger partial charge >= 0.3 is 5.97 Å². The fourth-order valence-electron chi connectivity index (χ4n) is 0.734. The first-order valence-electron chi connectivity index (χ1n) is 5.11. The second-order valence-corrected chi connectivity index (χ2v) is 5.73. The number of carbonyl (C=O) groups is 1. The monoisotopic (exact) mass is 217 g/mol. The van der Waals surface area contributed by atoms with Crippen LogP contribution >= 0.6 is 0 Å². The number of rotatable bonds is 5. The van der Waals surface area contributed by atoms with E-state index in [0.717, 1.165) is 0 Å². The first-order valence-corrected chi connectivity index (χ1v) is 5.11. The van der Waals surface area contributed by atoms with Gasteiger partial charge in [0.25, 0.3) is 0 Å². The van der Waals surface area contributed by atoms with Gasteiger partial charge in [0.05, 0.1) is 11.0 Å². The molecular formula is C11H23NO3. The third kappa shape index (κ3) is 3.80. The van der Waals surface area contributed by atoms with Crippen LogP contribution in [0.1, 0.15) is 41.5 Å². The number of carboxylic acid groups (broad SMARTS) is 1. The van der Waals surface area contributed by atoms with Crippen molar-refractivity contribution in [2.45, 2.75) is 52.7 Å². The highest BCUT2D eigenvalue weighted by Crippen LogP contribution is 2.23. The fraction of sp³-hybridized carbons (Fsp3) is 0.909. The SMILES string of the molecule is CC(C)(CNC(C)(C)C(C)(C)O)C(=O)O. The predicted molar refractivity (Wildman–Crippen MR) is 59.8 cm³/mol. The highest BCUT2D eigenvalue weighted by Gasteiger charge is 2.37. The minimum absolute atomic E-state index is 0.319. The summed E-state index contributed by atoms with van der Waals surface area (Å²) in [4.78, 5) is 10.9. The summed E-state index contributed by atoms with van der Waals surface area (Å²) in [6.07, 6.45) is 0. The van der Waals surface area contributed by atoms with E-state index in [2.05, 4.69) is 5.32 Å². The van der Waals surface area contributed by atoms with Gasteiger partial charge in [-0.05, 0) is 41.5 Å². The van der Waals surface area contributed by atoms with Gasteiger partial charge in [-0.15, -0.1) is 0 Å². The molecule has 90 valence electrons. The van der Waals surface area contributed by atoms with Crippen LogP contribution in [0.25, 0.3) is 0 Å². The maximum atomic E-state index is 10.9. The number of nitrogens with one attached hydrogen (secondary N) is 1. The Hall–Kier alpha value is -0.610. The Labute approximate surface area is 91.7 Å². The number of hydrogen-bond donors (Lipinski definition) is 3. The van der Waals surface area contributed by atoms with Crippen LogP contribution in [-0.2, 0) is 4.79 Å². The summed E-state index contributed by atoms with van der Waals surface area (Å²) < 4.78 is 0. The van der Waals surface area contributed by atoms with Gasteiger partial charge in [-0.25, -0.2) is 0 Å². The molecule has 0 atom stereocenters. The van der Waals surface area contributed by atoms with Crippen LogP contribution in [0, 0.1) is 5.41 Å². The average Bonchev–Trinajstić information content (AvgIpc) is 1.99. The Balaban J connectivity index is 4.47. The van der Waals surface area contributed by atoms with Crippen LogP contribution in [0.15, 0.2) is 0 Å². The Morgan fingerprint density at radius 1 is 1.13 bits per heavy atom. The summed E-state index contributed by atoms with van der Waals surface area (Å²) in [5.74, 6) is -0.846. The lowest BCUT2D eigenvalue weighted by atomic mass is 9.84. The van der Waals surface area contributed by atoms with Gasteiger partial charge in [-0.3, -0.25) is 4.79 Å². The molecule has 0 aromatic rings. The van der Waals surface area contributed by atoms with E-state index in [1.165, 1.54) is 0 Å². The van der Waals surface area contributed by atoms with E-state index >= 15 is 0 Å². The molecule has 0 heterocycles. The van der Waals surface area contributed by atoms with E-state index in [9.17, 15) is 9.90 Å². The average molecular weight is 217 g/mol. The van der Waals surface area contributed by atoms with Crippen molar-refractivity contribution in [1.82, 2.24) is 5.32 Å². The summed E-state index contributed by atoms with van der Waals surface area (Å²) in [7, 11) is 0. The third-order valence-corrected chi connectivity index (χ3v) is 3.08. The van der Waals surface area contributed by atoms with Crippen LogP contribution < -0.4 is 5.32 Å². The molecule has 0 aromatic carbocycles. The summed E-state index contributed by atoms with van der Waals surface area (Å²) in [5, 5.41) is 21.9. The lowest BCUT2D eigenvalue weighted by Crippen LogP contribution is -2.58. The standard InChI is InChI=1S/C11H23NO3/c1-9(2,8(13)14)7-12-10(3,4)11(5,6)15/h12,15H,7H2,1-6H3,(H,13,14). The maximum Gasteiger partial charge on any atom is 0.310 e. The molecule has 0 radical (unpaired) electrons. The number of aliphatic hydroxyl groups is 1. The molecule has 0 amide bonds. The second-order valence-electron chi connectivity index (χ2n) is 5.73. The minimum atomic E-state index is -0.901. The third-order valence-electron chi connectivity index (χ3n) is 3.08. The predicted octanol–water partition coefficient (Wildman–Crippen LogP) is 1.24. The molecule has 0 spiro atoms. The van der Waals surface area contributed by atoms with Gasteiger partial charge in [-0.2, -0.15) is 0 Å². The Morgan fingerprint density at radius 3 is 1.80 bits per heavy atom. The fourth-order valence-corrected chi connectivity index (χ4v) is 0.734. The zero-order valence-corrected chi connectivity index (χ0v) is 10.5. The molecule has 0 rings (SSSR count). The molecule has 0 saturated carbocycles. The summed E-state index contributed by atoms with van der Waals surface area (Å²) in [6, 6.07) is 0. The lowest BCUT2D eigenvalue weighted by Gasteiger charge is -2.40. The van der Waals surface area contributed by atoms with Crippen molar-refractivity contribution in [2.75, 3.05) is 6.54 Å². The van der Waals surface area contributed by atoms with E-state index in [0.29, 0.717) is 6.54 Å². The first-order chi connectivity index (χ1) is 6.40. The Kier molecular flexibility index (Phi) is 3.93. The van der Waals surface area contributed by atoms with Crippen molar-refractivity contribution >= 4 is 5.97 Å². The molecule has 4 heteroatoms. The number of aliphatic carboxylic acids is 1. The van der Waals surface area contributed by atoms with E-state index in [-0.39, 0.29) is 0 Å². The molecule has 0 unspecified atom stereocenters. The van der Waals surface area contributed by atoms with Crippen molar-refractivity contribution in [3.05, 3.63) is 0 Å². The first kappa shape index (κ1) is 14.4. The molecule has 0 aliphatic carbocycles. The van der Waals surface area contributed by atoms with E-state index in [1.807, 2.05) is 13.8 Å². The topological polar surface area (TPSA) is 69.6 Å². The van der Waals surface area contributed by atoms with Crippen molar-refractivity contribution in [2.24, 2.45) is 5.41 Å². The van der Waals surface area contributed by atoms with Gasteiger partial charge < -0.3 is 15.5 Å². The molecule has 15 heavy (non-hydrogen) atoms. The highest BCUT2D eigenvalue weighted by atomic mass is 16.4. The minimum Gasteiger partial charge on any atom is -0.481 e. The van der Waals surface area contributed by atoms with Crippen molar-refractivity contribution in [3.8, 4) is 0 Å². The van der Waals surface area contributed by atoms with Crippen LogP contribution in [0.2, 0.25) is 0 Å².